The summed E-state index contributed by atoms with van der Waals surface area (Å²) in [5.41, 5.74) is -1.78. The predicted octanol–water partition coefficient (Wildman–Crippen LogP) is 5.90. The van der Waals surface area contributed by atoms with E-state index in [9.17, 15) is 31.6 Å². The lowest BCUT2D eigenvalue weighted by molar-refractivity contribution is -0.0446. The van der Waals surface area contributed by atoms with Crippen molar-refractivity contribution in [3.63, 3.8) is 0 Å². The molecular formula is C27H23F3N4O4S. The van der Waals surface area contributed by atoms with Crippen LogP contribution in [-0.4, -0.2) is 29.6 Å². The predicted molar refractivity (Wildman–Crippen MR) is 138 cm³/mol. The van der Waals surface area contributed by atoms with Gasteiger partial charge in [0.2, 0.25) is 0 Å². The molecule has 1 aromatic heterocycles. The lowest BCUT2D eigenvalue weighted by atomic mass is 10.0. The normalized spacial score (nSPS) is 11.8. The highest BCUT2D eigenvalue weighted by Gasteiger charge is 2.47. The minimum absolute atomic E-state index is 0.124. The number of rotatable bonds is 8. The number of nitriles is 1. The van der Waals surface area contributed by atoms with Gasteiger partial charge in [0.25, 0.3) is 0 Å². The number of aryl methyl sites for hydroxylation is 1. The number of nitrogens with zero attached hydrogens (tertiary/aromatic N) is 3. The molecule has 202 valence electrons. The van der Waals surface area contributed by atoms with E-state index in [-0.39, 0.29) is 5.75 Å². The van der Waals surface area contributed by atoms with Crippen LogP contribution in [0.15, 0.2) is 66.7 Å². The summed E-state index contributed by atoms with van der Waals surface area (Å²) >= 11 is 0. The molecule has 0 saturated heterocycles. The molecule has 0 aliphatic carbocycles. The number of hydrogen-bond donors (Lipinski definition) is 1. The number of imidazole rings is 1. The van der Waals surface area contributed by atoms with Crippen LogP contribution in [-0.2, 0) is 23.0 Å². The molecule has 4 rings (SSSR count). The van der Waals surface area contributed by atoms with Crippen LogP contribution in [0.4, 0.5) is 18.0 Å². The molecule has 1 heterocycles. The lowest BCUT2D eigenvalue weighted by Crippen LogP contribution is -2.41. The van der Waals surface area contributed by atoms with Crippen molar-refractivity contribution in [3.8, 4) is 22.9 Å². The van der Waals surface area contributed by atoms with E-state index in [0.717, 1.165) is 46.4 Å². The molecule has 0 fully saturated rings. The molecule has 0 radical (unpaired) electrons. The third-order valence-corrected chi connectivity index (χ3v) is 6.98. The first kappa shape index (κ1) is 27.7. The quantitative estimate of drug-likeness (QED) is 0.289. The molecular weight excluding hydrogens is 533 g/mol. The van der Waals surface area contributed by atoms with E-state index in [1.165, 1.54) is 12.1 Å². The summed E-state index contributed by atoms with van der Waals surface area (Å²) in [4.78, 5) is 16.7. The van der Waals surface area contributed by atoms with Crippen LogP contribution >= 0.6 is 0 Å². The third kappa shape index (κ3) is 6.04. The molecule has 1 amide bonds. The van der Waals surface area contributed by atoms with Crippen LogP contribution in [0.1, 0.15) is 36.7 Å². The fourth-order valence-corrected chi connectivity index (χ4v) is 4.45. The molecule has 4 aromatic rings. The Morgan fingerprint density at radius 1 is 1.08 bits per heavy atom. The van der Waals surface area contributed by atoms with Gasteiger partial charge in [-0.3, -0.25) is 0 Å². The van der Waals surface area contributed by atoms with Crippen molar-refractivity contribution in [1.82, 2.24) is 14.3 Å². The highest BCUT2D eigenvalue weighted by molar-refractivity contribution is 7.90. The topological polar surface area (TPSA) is 114 Å². The van der Waals surface area contributed by atoms with Crippen molar-refractivity contribution >= 4 is 27.1 Å². The van der Waals surface area contributed by atoms with Crippen LogP contribution in [0.25, 0.3) is 22.2 Å². The molecule has 0 atom stereocenters. The van der Waals surface area contributed by atoms with Gasteiger partial charge < -0.3 is 9.30 Å². The molecule has 39 heavy (non-hydrogen) atoms. The van der Waals surface area contributed by atoms with Gasteiger partial charge in [0.1, 0.15) is 17.6 Å². The first-order valence-corrected chi connectivity index (χ1v) is 13.4. The molecule has 12 heteroatoms. The van der Waals surface area contributed by atoms with Gasteiger partial charge in [-0.2, -0.15) is 26.9 Å². The SMILES string of the molecule is CCCCc1nc2cccc(C#N)c2n1Cc1ccc(-c2ccccc2OC(=O)NS(=O)(=O)C(F)(F)F)cc1. The number of alkyl halides is 3. The maximum atomic E-state index is 12.6. The number of hydrogen-bond acceptors (Lipinski definition) is 6. The fraction of sp³-hybridized carbons (Fsp3) is 0.222. The summed E-state index contributed by atoms with van der Waals surface area (Å²) in [6.07, 6.45) is 0.908. The van der Waals surface area contributed by atoms with Gasteiger partial charge >= 0.3 is 21.6 Å². The molecule has 0 spiro atoms. The van der Waals surface area contributed by atoms with E-state index < -0.39 is 21.6 Å². The molecule has 0 aliphatic heterocycles. The summed E-state index contributed by atoms with van der Waals surface area (Å²) in [7, 11) is -5.91. The van der Waals surface area contributed by atoms with Crippen LogP contribution in [0, 0.1) is 11.3 Å². The highest BCUT2D eigenvalue weighted by atomic mass is 32.2. The molecule has 0 aliphatic rings. The smallest absolute Gasteiger partial charge is 0.409 e. The van der Waals surface area contributed by atoms with E-state index in [4.69, 9.17) is 9.72 Å². The number of unbranched alkanes of at least 4 members (excludes halogenated alkanes) is 1. The molecule has 3 aromatic carbocycles. The number of fused-ring (bicyclic) bond motifs is 1. The van der Waals surface area contributed by atoms with Crippen molar-refractivity contribution in [1.29, 1.82) is 5.26 Å². The van der Waals surface area contributed by atoms with Gasteiger partial charge in [0, 0.05) is 18.5 Å². The number of benzene rings is 3. The number of nitrogens with one attached hydrogen (secondary N) is 1. The maximum Gasteiger partial charge on any atom is 0.516 e. The number of para-hydroxylation sites is 2. The van der Waals surface area contributed by atoms with Crippen LogP contribution in [0.2, 0.25) is 0 Å². The number of amides is 1. The van der Waals surface area contributed by atoms with E-state index in [1.807, 2.05) is 22.8 Å². The first-order chi connectivity index (χ1) is 18.5. The highest BCUT2D eigenvalue weighted by Crippen LogP contribution is 2.31. The Labute approximate surface area is 222 Å². The molecule has 0 saturated carbocycles. The second-order valence-electron chi connectivity index (χ2n) is 8.64. The summed E-state index contributed by atoms with van der Waals surface area (Å²) < 4.78 is 68.0. The fourth-order valence-electron chi connectivity index (χ4n) is 4.07. The zero-order chi connectivity index (χ0) is 28.2. The zero-order valence-corrected chi connectivity index (χ0v) is 21.5. The summed E-state index contributed by atoms with van der Waals surface area (Å²) in [6.45, 7) is 2.54. The largest absolute Gasteiger partial charge is 0.516 e. The summed E-state index contributed by atoms with van der Waals surface area (Å²) in [6, 6.07) is 20.9. The number of sulfonamides is 1. The van der Waals surface area contributed by atoms with E-state index >= 15 is 0 Å². The van der Waals surface area contributed by atoms with Gasteiger partial charge in [-0.25, -0.2) is 14.5 Å². The number of halogens is 3. The minimum atomic E-state index is -5.91. The molecule has 8 nitrogen and oxygen atoms in total. The van der Waals surface area contributed by atoms with Crippen LogP contribution in [0.3, 0.4) is 0 Å². The van der Waals surface area contributed by atoms with E-state index in [2.05, 4.69) is 13.0 Å². The van der Waals surface area contributed by atoms with Gasteiger partial charge in [-0.1, -0.05) is 61.9 Å². The average molecular weight is 557 g/mol. The van der Waals surface area contributed by atoms with Crippen molar-refractivity contribution in [2.24, 2.45) is 0 Å². The standard InChI is InChI=1S/C27H23F3N4O4S/c1-2-3-11-24-32-22-9-6-7-20(16-31)25(22)34(24)17-18-12-14-19(15-13-18)21-8-4-5-10-23(21)38-26(35)33-39(36,37)27(28,29)30/h4-10,12-15H,2-3,11,17H2,1H3,(H,33,35). The lowest BCUT2D eigenvalue weighted by Gasteiger charge is -2.13. The van der Waals surface area contributed by atoms with Crippen LogP contribution in [0.5, 0.6) is 5.75 Å². The number of carbonyl (C=O) groups excluding carboxylic acids is 1. The Balaban J connectivity index is 1.60. The monoisotopic (exact) mass is 556 g/mol. The molecule has 0 unspecified atom stereocenters. The van der Waals surface area contributed by atoms with Gasteiger partial charge in [-0.15, -0.1) is 0 Å². The Hall–Kier alpha value is -4.37. The Morgan fingerprint density at radius 2 is 1.79 bits per heavy atom. The zero-order valence-electron chi connectivity index (χ0n) is 20.7. The maximum absolute atomic E-state index is 12.6. The second-order valence-corrected chi connectivity index (χ2v) is 10.3. The number of carbonyl (C=O) groups is 1. The van der Waals surface area contributed by atoms with Crippen molar-refractivity contribution in [2.45, 2.75) is 38.2 Å². The van der Waals surface area contributed by atoms with Crippen molar-refractivity contribution in [2.75, 3.05) is 0 Å². The third-order valence-electron chi connectivity index (χ3n) is 5.94. The Bertz CT molecular complexity index is 1660. The van der Waals surface area contributed by atoms with Crippen molar-refractivity contribution in [3.05, 3.63) is 83.7 Å². The Morgan fingerprint density at radius 3 is 2.46 bits per heavy atom. The number of ether oxygens (including phenoxy) is 1. The van der Waals surface area contributed by atoms with E-state index in [1.54, 1.807) is 36.4 Å². The second kappa shape index (κ2) is 11.2. The van der Waals surface area contributed by atoms with E-state index in [0.29, 0.717) is 23.2 Å². The minimum Gasteiger partial charge on any atom is -0.409 e. The Kier molecular flexibility index (Phi) is 7.92. The van der Waals surface area contributed by atoms with Gasteiger partial charge in [0.15, 0.2) is 0 Å². The molecule has 0 bridgehead atoms. The summed E-state index contributed by atoms with van der Waals surface area (Å²) in [5, 5.41) is 9.64. The molecule has 1 N–H and O–H groups in total. The van der Waals surface area contributed by atoms with Gasteiger partial charge in [0.05, 0.1) is 16.6 Å². The average Bonchev–Trinajstić information content (AvgIpc) is 3.24. The number of aromatic nitrogens is 2. The van der Waals surface area contributed by atoms with Gasteiger partial charge in [-0.05, 0) is 35.7 Å². The summed E-state index contributed by atoms with van der Waals surface area (Å²) in [5.74, 6) is 0.749. The first-order valence-electron chi connectivity index (χ1n) is 11.9. The van der Waals surface area contributed by atoms with Crippen molar-refractivity contribution < 1.29 is 31.1 Å². The van der Waals surface area contributed by atoms with Crippen LogP contribution < -0.4 is 9.46 Å².